The number of carbonyl (C=O) groups excluding carboxylic acids is 1. The molecule has 2 rings (SSSR count). The number of H-pyrrole nitrogens is 1. The lowest BCUT2D eigenvalue weighted by Crippen LogP contribution is -2.34. The molecular formula is C13H21N3O. The third-order valence-electron chi connectivity index (χ3n) is 3.60. The van der Waals surface area contributed by atoms with Crippen molar-refractivity contribution in [3.63, 3.8) is 0 Å². The summed E-state index contributed by atoms with van der Waals surface area (Å²) in [4.78, 5) is 13.2. The molecule has 1 aliphatic rings. The van der Waals surface area contributed by atoms with Gasteiger partial charge in [-0.1, -0.05) is 20.3 Å². The molecule has 1 atom stereocenters. The Morgan fingerprint density at radius 3 is 3.00 bits per heavy atom. The number of nitrogens with one attached hydrogen (secondary N) is 1. The van der Waals surface area contributed by atoms with E-state index in [9.17, 15) is 4.79 Å². The van der Waals surface area contributed by atoms with Gasteiger partial charge in [0.05, 0.1) is 17.9 Å². The van der Waals surface area contributed by atoms with Crippen LogP contribution in [0.1, 0.15) is 56.5 Å². The van der Waals surface area contributed by atoms with Crippen molar-refractivity contribution in [1.29, 1.82) is 0 Å². The second-order valence-corrected chi connectivity index (χ2v) is 4.95. The van der Waals surface area contributed by atoms with Gasteiger partial charge < -0.3 is 4.90 Å². The summed E-state index contributed by atoms with van der Waals surface area (Å²) in [6.45, 7) is 7.58. The van der Waals surface area contributed by atoms with Gasteiger partial charge in [0.1, 0.15) is 0 Å². The van der Waals surface area contributed by atoms with Crippen molar-refractivity contribution in [3.05, 3.63) is 17.0 Å². The molecule has 2 heterocycles. The molecule has 1 aliphatic heterocycles. The van der Waals surface area contributed by atoms with Crippen LogP contribution >= 0.6 is 0 Å². The third-order valence-corrected chi connectivity index (χ3v) is 3.60. The quantitative estimate of drug-likeness (QED) is 0.873. The molecule has 0 aliphatic carbocycles. The molecule has 0 saturated heterocycles. The normalized spacial score (nSPS) is 16.8. The number of hydrogen-bond acceptors (Lipinski definition) is 2. The Morgan fingerprint density at radius 1 is 1.59 bits per heavy atom. The molecular weight excluding hydrogens is 214 g/mol. The van der Waals surface area contributed by atoms with Crippen molar-refractivity contribution < 1.29 is 4.79 Å². The molecule has 4 heteroatoms. The van der Waals surface area contributed by atoms with Crippen molar-refractivity contribution in [2.45, 2.75) is 52.5 Å². The summed E-state index contributed by atoms with van der Waals surface area (Å²) < 4.78 is 0. The summed E-state index contributed by atoms with van der Waals surface area (Å²) in [6.07, 6.45) is 3.30. The lowest BCUT2D eigenvalue weighted by molar-refractivity contribution is -0.129. The van der Waals surface area contributed by atoms with E-state index in [0.717, 1.165) is 18.7 Å². The van der Waals surface area contributed by atoms with Gasteiger partial charge in [-0.25, -0.2) is 0 Å². The largest absolute Gasteiger partial charge is 0.337 e. The van der Waals surface area contributed by atoms with Crippen LogP contribution < -0.4 is 0 Å². The predicted molar refractivity (Wildman–Crippen MR) is 66.7 cm³/mol. The number of aromatic nitrogens is 2. The number of aromatic amines is 1. The summed E-state index contributed by atoms with van der Waals surface area (Å²) in [5, 5.41) is 7.55. The van der Waals surface area contributed by atoms with Crippen molar-refractivity contribution in [2.75, 3.05) is 6.54 Å². The van der Waals surface area contributed by atoms with E-state index in [2.05, 4.69) is 24.0 Å². The van der Waals surface area contributed by atoms with Crippen molar-refractivity contribution in [1.82, 2.24) is 15.1 Å². The number of amides is 1. The summed E-state index contributed by atoms with van der Waals surface area (Å²) >= 11 is 0. The lowest BCUT2D eigenvalue weighted by Gasteiger charge is -2.26. The highest BCUT2D eigenvalue weighted by molar-refractivity contribution is 5.73. The van der Waals surface area contributed by atoms with Crippen molar-refractivity contribution in [3.8, 4) is 0 Å². The molecule has 4 nitrogen and oxygen atoms in total. The Kier molecular flexibility index (Phi) is 3.50. The van der Waals surface area contributed by atoms with E-state index >= 15 is 0 Å². The van der Waals surface area contributed by atoms with Gasteiger partial charge in [0.15, 0.2) is 0 Å². The fourth-order valence-electron chi connectivity index (χ4n) is 2.59. The number of fused-ring (bicyclic) bond motifs is 1. The molecule has 0 fully saturated rings. The molecule has 0 aromatic carbocycles. The zero-order chi connectivity index (χ0) is 12.4. The van der Waals surface area contributed by atoms with E-state index in [1.807, 2.05) is 4.90 Å². The van der Waals surface area contributed by atoms with Gasteiger partial charge in [0.25, 0.3) is 0 Å². The first-order valence-electron chi connectivity index (χ1n) is 6.45. The maximum atomic E-state index is 11.3. The van der Waals surface area contributed by atoms with E-state index in [-0.39, 0.29) is 5.91 Å². The molecule has 0 spiro atoms. The topological polar surface area (TPSA) is 49.0 Å². The zero-order valence-electron chi connectivity index (χ0n) is 10.9. The second-order valence-electron chi connectivity index (χ2n) is 4.95. The highest BCUT2D eigenvalue weighted by atomic mass is 16.2. The minimum absolute atomic E-state index is 0.147. The molecule has 1 aromatic rings. The van der Waals surface area contributed by atoms with Gasteiger partial charge in [-0.05, 0) is 12.8 Å². The Balaban J connectivity index is 2.18. The van der Waals surface area contributed by atoms with Crippen LogP contribution in [-0.4, -0.2) is 27.5 Å². The van der Waals surface area contributed by atoms with Crippen LogP contribution in [0.15, 0.2) is 0 Å². The van der Waals surface area contributed by atoms with E-state index in [1.54, 1.807) is 6.92 Å². The van der Waals surface area contributed by atoms with Crippen LogP contribution in [-0.2, 0) is 17.8 Å². The van der Waals surface area contributed by atoms with Crippen LogP contribution in [0.4, 0.5) is 0 Å². The number of carbonyl (C=O) groups is 1. The van der Waals surface area contributed by atoms with Gasteiger partial charge in [-0.15, -0.1) is 0 Å². The Morgan fingerprint density at radius 2 is 2.35 bits per heavy atom. The molecule has 1 N–H and O–H groups in total. The highest BCUT2D eigenvalue weighted by Crippen LogP contribution is 2.27. The lowest BCUT2D eigenvalue weighted by atomic mass is 9.94. The average Bonchev–Trinajstić information content (AvgIpc) is 2.71. The molecule has 0 bridgehead atoms. The minimum Gasteiger partial charge on any atom is -0.337 e. The fourth-order valence-corrected chi connectivity index (χ4v) is 2.59. The van der Waals surface area contributed by atoms with Gasteiger partial charge in [0.2, 0.25) is 5.91 Å². The summed E-state index contributed by atoms with van der Waals surface area (Å²) in [6, 6.07) is 0. The molecule has 0 saturated carbocycles. The van der Waals surface area contributed by atoms with Crippen LogP contribution in [0.25, 0.3) is 0 Å². The summed E-state index contributed by atoms with van der Waals surface area (Å²) in [7, 11) is 0. The Hall–Kier alpha value is -1.32. The molecule has 17 heavy (non-hydrogen) atoms. The minimum atomic E-state index is 0.147. The van der Waals surface area contributed by atoms with E-state index in [4.69, 9.17) is 0 Å². The SMILES string of the molecule is CCCC(C)c1n[nH]c2c1CCN(C(C)=O)C2. The smallest absolute Gasteiger partial charge is 0.219 e. The van der Waals surface area contributed by atoms with Gasteiger partial charge >= 0.3 is 0 Å². The van der Waals surface area contributed by atoms with Crippen molar-refractivity contribution in [2.24, 2.45) is 0 Å². The van der Waals surface area contributed by atoms with E-state index < -0.39 is 0 Å². The van der Waals surface area contributed by atoms with Crippen molar-refractivity contribution >= 4 is 5.91 Å². The second kappa shape index (κ2) is 4.90. The Bertz CT molecular complexity index is 411. The van der Waals surface area contributed by atoms with Crippen LogP contribution in [0.2, 0.25) is 0 Å². The monoisotopic (exact) mass is 235 g/mol. The van der Waals surface area contributed by atoms with Crippen LogP contribution in [0, 0.1) is 0 Å². The summed E-state index contributed by atoms with van der Waals surface area (Å²) in [5.74, 6) is 0.664. The van der Waals surface area contributed by atoms with E-state index in [0.29, 0.717) is 12.5 Å². The van der Waals surface area contributed by atoms with Gasteiger partial charge in [0, 0.05) is 24.9 Å². The van der Waals surface area contributed by atoms with E-state index in [1.165, 1.54) is 24.1 Å². The maximum Gasteiger partial charge on any atom is 0.219 e. The first-order valence-corrected chi connectivity index (χ1v) is 6.45. The standard InChI is InChI=1S/C13H21N3O/c1-4-5-9(2)13-11-6-7-16(10(3)17)8-12(11)14-15-13/h9H,4-8H2,1-3H3,(H,14,15). The van der Waals surface area contributed by atoms with Gasteiger partial charge in [-0.2, -0.15) is 5.10 Å². The number of rotatable bonds is 3. The van der Waals surface area contributed by atoms with Crippen LogP contribution in [0.5, 0.6) is 0 Å². The molecule has 1 amide bonds. The first kappa shape index (κ1) is 12.1. The number of nitrogens with zero attached hydrogens (tertiary/aromatic N) is 2. The molecule has 1 unspecified atom stereocenters. The molecule has 1 aromatic heterocycles. The summed E-state index contributed by atoms with van der Waals surface area (Å²) in [5.41, 5.74) is 3.69. The molecule has 0 radical (unpaired) electrons. The fraction of sp³-hybridized carbons (Fsp3) is 0.692. The first-order chi connectivity index (χ1) is 8.13. The predicted octanol–water partition coefficient (Wildman–Crippen LogP) is 2.22. The van der Waals surface area contributed by atoms with Gasteiger partial charge in [-0.3, -0.25) is 9.89 Å². The maximum absolute atomic E-state index is 11.3. The zero-order valence-corrected chi connectivity index (χ0v) is 10.9. The van der Waals surface area contributed by atoms with Crippen LogP contribution in [0.3, 0.4) is 0 Å². The highest BCUT2D eigenvalue weighted by Gasteiger charge is 2.24. The third kappa shape index (κ3) is 2.35. The molecule has 94 valence electrons. The Labute approximate surface area is 102 Å². The average molecular weight is 235 g/mol. The number of hydrogen-bond donors (Lipinski definition) is 1.